The van der Waals surface area contributed by atoms with Crippen molar-refractivity contribution in [2.45, 2.75) is 19.9 Å². The molecule has 1 unspecified atom stereocenters. The molecule has 0 spiro atoms. The predicted molar refractivity (Wildman–Crippen MR) is 91.5 cm³/mol. The fraction of sp³-hybridized carbons (Fsp3) is 0.200. The van der Waals surface area contributed by atoms with Crippen LogP contribution in [-0.4, -0.2) is 35.7 Å². The molecule has 2 amide bonds. The summed E-state index contributed by atoms with van der Waals surface area (Å²) in [4.78, 5) is 28.6. The summed E-state index contributed by atoms with van der Waals surface area (Å²) in [5.41, 5.74) is 1.38. The average Bonchev–Trinajstić information content (AvgIpc) is 3.08. The van der Waals surface area contributed by atoms with E-state index in [-0.39, 0.29) is 0 Å². The lowest BCUT2D eigenvalue weighted by Crippen LogP contribution is -2.33. The number of aryl methyl sites for hydroxylation is 1. The predicted octanol–water partition coefficient (Wildman–Crippen LogP) is 2.30. The minimum absolute atomic E-state index is 0.368. The molecule has 0 bridgehead atoms. The third kappa shape index (κ3) is 3.89. The minimum atomic E-state index is -0.424. The average molecular weight is 359 g/mol. The molecule has 0 aliphatic carbocycles. The molecule has 0 fully saturated rings. The van der Waals surface area contributed by atoms with Crippen LogP contribution < -0.4 is 10.6 Å². The van der Waals surface area contributed by atoms with E-state index in [4.69, 9.17) is 11.6 Å². The highest BCUT2D eigenvalue weighted by atomic mass is 35.5. The van der Waals surface area contributed by atoms with Crippen molar-refractivity contribution >= 4 is 23.3 Å². The van der Waals surface area contributed by atoms with Gasteiger partial charge in [0.15, 0.2) is 5.82 Å². The maximum Gasteiger partial charge on any atom is 0.319 e. The van der Waals surface area contributed by atoms with Gasteiger partial charge in [-0.2, -0.15) is 9.78 Å². The molecule has 128 valence electrons. The Balaban J connectivity index is 1.71. The Hall–Kier alpha value is -3.07. The van der Waals surface area contributed by atoms with Gasteiger partial charge in [0.25, 0.3) is 5.95 Å². The molecule has 2 N–H and O–H groups in total. The first-order valence-electron chi connectivity index (χ1n) is 7.41. The van der Waals surface area contributed by atoms with Gasteiger partial charge in [0.2, 0.25) is 0 Å². The van der Waals surface area contributed by atoms with Crippen LogP contribution in [0.1, 0.15) is 24.4 Å². The summed E-state index contributed by atoms with van der Waals surface area (Å²) in [6, 6.07) is 2.55. The molecule has 10 heteroatoms. The highest BCUT2D eigenvalue weighted by Gasteiger charge is 2.18. The number of anilines is 1. The van der Waals surface area contributed by atoms with E-state index in [1.165, 1.54) is 17.2 Å². The third-order valence-electron chi connectivity index (χ3n) is 3.38. The van der Waals surface area contributed by atoms with E-state index in [0.717, 1.165) is 5.56 Å². The number of urea groups is 1. The molecule has 0 aromatic carbocycles. The fourth-order valence-corrected chi connectivity index (χ4v) is 2.38. The minimum Gasteiger partial charge on any atom is -0.328 e. The smallest absolute Gasteiger partial charge is 0.319 e. The SMILES string of the molecule is Cc1cc(Cl)ncc1NC(=O)NC(C)c1ncnn1-c1ncccn1. The Bertz CT molecular complexity index is 882. The van der Waals surface area contributed by atoms with E-state index in [0.29, 0.717) is 22.6 Å². The van der Waals surface area contributed by atoms with Crippen LogP contribution in [0.15, 0.2) is 37.1 Å². The highest BCUT2D eigenvalue weighted by molar-refractivity contribution is 6.29. The van der Waals surface area contributed by atoms with Crippen molar-refractivity contribution in [1.82, 2.24) is 35.0 Å². The number of hydrogen-bond acceptors (Lipinski definition) is 6. The summed E-state index contributed by atoms with van der Waals surface area (Å²) in [5, 5.41) is 10.00. The van der Waals surface area contributed by atoms with E-state index in [9.17, 15) is 4.79 Å². The van der Waals surface area contributed by atoms with Gasteiger partial charge >= 0.3 is 6.03 Å². The van der Waals surface area contributed by atoms with Gasteiger partial charge in [0.05, 0.1) is 17.9 Å². The highest BCUT2D eigenvalue weighted by Crippen LogP contribution is 2.17. The number of rotatable bonds is 4. The number of nitrogens with one attached hydrogen (secondary N) is 2. The van der Waals surface area contributed by atoms with Crippen LogP contribution in [0.5, 0.6) is 0 Å². The Morgan fingerprint density at radius 2 is 2.00 bits per heavy atom. The summed E-state index contributed by atoms with van der Waals surface area (Å²) in [6.07, 6.45) is 6.10. The van der Waals surface area contributed by atoms with Crippen LogP contribution >= 0.6 is 11.6 Å². The number of carbonyl (C=O) groups is 1. The second kappa shape index (κ2) is 7.22. The molecule has 9 nitrogen and oxygen atoms in total. The molecule has 0 aliphatic rings. The van der Waals surface area contributed by atoms with Crippen molar-refractivity contribution in [3.05, 3.63) is 53.6 Å². The number of aromatic nitrogens is 6. The summed E-state index contributed by atoms with van der Waals surface area (Å²) >= 11 is 5.81. The van der Waals surface area contributed by atoms with Gasteiger partial charge in [-0.05, 0) is 31.5 Å². The second-order valence-corrected chi connectivity index (χ2v) is 5.61. The summed E-state index contributed by atoms with van der Waals surface area (Å²) < 4.78 is 1.47. The summed E-state index contributed by atoms with van der Waals surface area (Å²) in [7, 11) is 0. The Labute approximate surface area is 148 Å². The zero-order valence-electron chi connectivity index (χ0n) is 13.5. The first-order valence-corrected chi connectivity index (χ1v) is 7.79. The molecule has 0 aliphatic heterocycles. The topological polar surface area (TPSA) is 111 Å². The standard InChI is InChI=1S/C15H15ClN8O/c1-9-6-12(16)19-7-11(9)23-15(25)22-10(2)13-20-8-21-24(13)14-17-4-3-5-18-14/h3-8,10H,1-2H3,(H2,22,23,25). The number of pyridine rings is 1. The van der Waals surface area contributed by atoms with Gasteiger partial charge in [0, 0.05) is 12.4 Å². The van der Waals surface area contributed by atoms with Crippen LogP contribution in [0, 0.1) is 6.92 Å². The lowest BCUT2D eigenvalue weighted by atomic mass is 10.2. The van der Waals surface area contributed by atoms with Crippen molar-refractivity contribution in [2.75, 3.05) is 5.32 Å². The van der Waals surface area contributed by atoms with Crippen LogP contribution in [0.3, 0.4) is 0 Å². The zero-order chi connectivity index (χ0) is 17.8. The molecule has 0 saturated carbocycles. The van der Waals surface area contributed by atoms with Gasteiger partial charge in [-0.25, -0.2) is 24.7 Å². The van der Waals surface area contributed by atoms with E-state index in [1.807, 2.05) is 6.92 Å². The molecule has 0 saturated heterocycles. The van der Waals surface area contributed by atoms with Gasteiger partial charge in [-0.1, -0.05) is 11.6 Å². The van der Waals surface area contributed by atoms with E-state index in [2.05, 4.69) is 35.7 Å². The van der Waals surface area contributed by atoms with Crippen molar-refractivity contribution < 1.29 is 4.79 Å². The maximum atomic E-state index is 12.2. The number of hydrogen-bond donors (Lipinski definition) is 2. The van der Waals surface area contributed by atoms with Crippen molar-refractivity contribution in [3.63, 3.8) is 0 Å². The third-order valence-corrected chi connectivity index (χ3v) is 3.58. The molecular weight excluding hydrogens is 344 g/mol. The normalized spacial score (nSPS) is 11.8. The molecule has 3 aromatic heterocycles. The van der Waals surface area contributed by atoms with Gasteiger partial charge in [0.1, 0.15) is 11.5 Å². The number of nitrogens with zero attached hydrogens (tertiary/aromatic N) is 6. The van der Waals surface area contributed by atoms with Crippen molar-refractivity contribution in [3.8, 4) is 5.95 Å². The van der Waals surface area contributed by atoms with E-state index >= 15 is 0 Å². The molecule has 3 aromatic rings. The van der Waals surface area contributed by atoms with Crippen LogP contribution in [-0.2, 0) is 0 Å². The Morgan fingerprint density at radius 3 is 2.72 bits per heavy atom. The van der Waals surface area contributed by atoms with E-state index < -0.39 is 12.1 Å². The molecule has 3 heterocycles. The van der Waals surface area contributed by atoms with Crippen molar-refractivity contribution in [2.24, 2.45) is 0 Å². The fourth-order valence-electron chi connectivity index (χ4n) is 2.17. The molecule has 25 heavy (non-hydrogen) atoms. The number of amides is 2. The van der Waals surface area contributed by atoms with Crippen LogP contribution in [0.4, 0.5) is 10.5 Å². The molecule has 3 rings (SSSR count). The lowest BCUT2D eigenvalue weighted by molar-refractivity contribution is 0.248. The maximum absolute atomic E-state index is 12.2. The number of carbonyl (C=O) groups excluding carboxylic acids is 1. The first-order chi connectivity index (χ1) is 12.0. The quantitative estimate of drug-likeness (QED) is 0.692. The van der Waals surface area contributed by atoms with Gasteiger partial charge < -0.3 is 10.6 Å². The summed E-state index contributed by atoms with van der Waals surface area (Å²) in [5.74, 6) is 0.883. The van der Waals surface area contributed by atoms with Crippen molar-refractivity contribution in [1.29, 1.82) is 0 Å². The number of halogens is 1. The summed E-state index contributed by atoms with van der Waals surface area (Å²) in [6.45, 7) is 3.62. The Morgan fingerprint density at radius 1 is 1.24 bits per heavy atom. The second-order valence-electron chi connectivity index (χ2n) is 5.22. The first kappa shape index (κ1) is 16.8. The largest absolute Gasteiger partial charge is 0.328 e. The van der Waals surface area contributed by atoms with Gasteiger partial charge in [-0.15, -0.1) is 0 Å². The molecule has 1 atom stereocenters. The van der Waals surface area contributed by atoms with E-state index in [1.54, 1.807) is 31.5 Å². The zero-order valence-corrected chi connectivity index (χ0v) is 14.3. The molecule has 0 radical (unpaired) electrons. The monoisotopic (exact) mass is 358 g/mol. The lowest BCUT2D eigenvalue weighted by Gasteiger charge is -2.15. The van der Waals surface area contributed by atoms with Gasteiger partial charge in [-0.3, -0.25) is 0 Å². The Kier molecular flexibility index (Phi) is 4.85. The molecular formula is C15H15ClN8O. The van der Waals surface area contributed by atoms with Crippen LogP contribution in [0.25, 0.3) is 5.95 Å². The van der Waals surface area contributed by atoms with Crippen LogP contribution in [0.2, 0.25) is 5.15 Å².